The summed E-state index contributed by atoms with van der Waals surface area (Å²) in [5.41, 5.74) is 2.66. The van der Waals surface area contributed by atoms with Gasteiger partial charge in [0.15, 0.2) is 11.4 Å². The molecule has 0 saturated carbocycles. The van der Waals surface area contributed by atoms with Crippen LogP contribution in [-0.4, -0.2) is 12.0 Å². The molecule has 0 saturated heterocycles. The fourth-order valence-corrected chi connectivity index (χ4v) is 2.26. The highest BCUT2D eigenvalue weighted by Crippen LogP contribution is 2.34. The van der Waals surface area contributed by atoms with Crippen molar-refractivity contribution in [2.24, 2.45) is 0 Å². The monoisotopic (exact) mass is 265 g/mol. The van der Waals surface area contributed by atoms with Crippen molar-refractivity contribution in [3.8, 4) is 17.2 Å². The molecule has 0 atom stereocenters. The topological polar surface area (TPSA) is 43.0 Å². The Kier molecular flexibility index (Phi) is 3.09. The number of hydrogen-bond acceptors (Lipinski definition) is 3. The molecule has 0 amide bonds. The molecule has 20 heavy (non-hydrogen) atoms. The van der Waals surface area contributed by atoms with Crippen molar-refractivity contribution in [1.29, 1.82) is 0 Å². The van der Waals surface area contributed by atoms with Crippen LogP contribution in [0.2, 0.25) is 6.82 Å². The van der Waals surface area contributed by atoms with Crippen LogP contribution in [0.5, 0.6) is 17.2 Å². The third kappa shape index (κ3) is 2.22. The van der Waals surface area contributed by atoms with Gasteiger partial charge in [-0.1, -0.05) is 19.0 Å². The first kappa shape index (κ1) is 12.6. The molecule has 1 aliphatic rings. The lowest BCUT2D eigenvalue weighted by Crippen LogP contribution is -2.23. The van der Waals surface area contributed by atoms with Crippen LogP contribution in [0.25, 0.3) is 4.85 Å². The van der Waals surface area contributed by atoms with Gasteiger partial charge in [-0.2, -0.15) is 0 Å². The standard InChI is InChI=1S/C15H12BNO3/c1-16-13-5-4-12(7-10(13)9-19-16)20-15-6-3-11(17-2)8-14(15)18/h3-8,18H,9H2,1H3. The van der Waals surface area contributed by atoms with E-state index in [-0.39, 0.29) is 12.7 Å². The third-order valence-corrected chi connectivity index (χ3v) is 3.34. The number of rotatable bonds is 2. The van der Waals surface area contributed by atoms with Gasteiger partial charge in [0.05, 0.1) is 13.2 Å². The van der Waals surface area contributed by atoms with E-state index in [1.54, 1.807) is 12.1 Å². The summed E-state index contributed by atoms with van der Waals surface area (Å²) in [6.07, 6.45) is 0. The van der Waals surface area contributed by atoms with Gasteiger partial charge in [-0.05, 0) is 35.3 Å². The van der Waals surface area contributed by atoms with E-state index in [0.717, 1.165) is 5.56 Å². The highest BCUT2D eigenvalue weighted by atomic mass is 16.5. The molecule has 5 heteroatoms. The van der Waals surface area contributed by atoms with Gasteiger partial charge in [0.2, 0.25) is 0 Å². The molecular formula is C15H12BNO3. The van der Waals surface area contributed by atoms with E-state index in [1.807, 2.05) is 25.0 Å². The summed E-state index contributed by atoms with van der Waals surface area (Å²) in [6, 6.07) is 10.3. The van der Waals surface area contributed by atoms with Crippen molar-refractivity contribution in [3.63, 3.8) is 0 Å². The molecule has 1 N–H and O–H groups in total. The molecule has 0 aliphatic carbocycles. The van der Waals surface area contributed by atoms with Crippen LogP contribution >= 0.6 is 0 Å². The number of phenolic OH excluding ortho intramolecular Hbond substituents is 1. The van der Waals surface area contributed by atoms with Crippen LogP contribution < -0.4 is 10.2 Å². The summed E-state index contributed by atoms with van der Waals surface area (Å²) in [7, 11) is 0. The van der Waals surface area contributed by atoms with Crippen molar-refractivity contribution in [1.82, 2.24) is 0 Å². The Bertz CT molecular complexity index is 709. The van der Waals surface area contributed by atoms with Crippen molar-refractivity contribution in [2.45, 2.75) is 13.4 Å². The number of benzene rings is 2. The van der Waals surface area contributed by atoms with E-state index < -0.39 is 0 Å². The lowest BCUT2D eigenvalue weighted by molar-refractivity contribution is 0.333. The number of hydrogen-bond donors (Lipinski definition) is 1. The summed E-state index contributed by atoms with van der Waals surface area (Å²) in [6.45, 7) is 9.60. The quantitative estimate of drug-likeness (QED) is 0.670. The molecule has 0 spiro atoms. The Hall–Kier alpha value is -2.45. The lowest BCUT2D eigenvalue weighted by Gasteiger charge is -2.09. The molecule has 98 valence electrons. The first-order chi connectivity index (χ1) is 9.67. The van der Waals surface area contributed by atoms with E-state index in [4.69, 9.17) is 16.0 Å². The number of nitrogens with zero attached hydrogens (tertiary/aromatic N) is 1. The predicted octanol–water partition coefficient (Wildman–Crippen LogP) is 3.09. The van der Waals surface area contributed by atoms with Crippen LogP contribution in [-0.2, 0) is 11.3 Å². The number of fused-ring (bicyclic) bond motifs is 1. The van der Waals surface area contributed by atoms with Crippen molar-refractivity contribution < 1.29 is 14.5 Å². The average Bonchev–Trinajstić information content (AvgIpc) is 2.82. The Balaban J connectivity index is 1.87. The molecule has 0 fully saturated rings. The smallest absolute Gasteiger partial charge is 0.324 e. The van der Waals surface area contributed by atoms with Gasteiger partial charge in [-0.15, -0.1) is 0 Å². The zero-order chi connectivity index (χ0) is 14.1. The lowest BCUT2D eigenvalue weighted by atomic mass is 9.64. The van der Waals surface area contributed by atoms with Crippen LogP contribution in [0.15, 0.2) is 36.4 Å². The molecule has 1 aliphatic heterocycles. The average molecular weight is 265 g/mol. The predicted molar refractivity (Wildman–Crippen MR) is 76.9 cm³/mol. The fourth-order valence-electron chi connectivity index (χ4n) is 2.26. The Morgan fingerprint density at radius 2 is 2.15 bits per heavy atom. The van der Waals surface area contributed by atoms with Crippen molar-refractivity contribution in [3.05, 3.63) is 53.4 Å². The summed E-state index contributed by atoms with van der Waals surface area (Å²) in [4.78, 5) is 3.25. The van der Waals surface area contributed by atoms with E-state index in [0.29, 0.717) is 23.8 Å². The third-order valence-electron chi connectivity index (χ3n) is 3.34. The zero-order valence-corrected chi connectivity index (χ0v) is 11.0. The van der Waals surface area contributed by atoms with Crippen LogP contribution in [0.3, 0.4) is 0 Å². The highest BCUT2D eigenvalue weighted by molar-refractivity contribution is 6.67. The SMILES string of the molecule is [C-]#[N+]c1ccc(Oc2ccc3c(c2)COB3C)c(O)c1. The van der Waals surface area contributed by atoms with E-state index in [9.17, 15) is 5.11 Å². The van der Waals surface area contributed by atoms with Gasteiger partial charge in [0, 0.05) is 0 Å². The van der Waals surface area contributed by atoms with Gasteiger partial charge >= 0.3 is 6.92 Å². The molecule has 2 aromatic carbocycles. The summed E-state index contributed by atoms with van der Waals surface area (Å²) < 4.78 is 11.2. The second-order valence-corrected chi connectivity index (χ2v) is 4.68. The maximum atomic E-state index is 9.83. The second kappa shape index (κ2) is 4.91. The summed E-state index contributed by atoms with van der Waals surface area (Å²) in [5.74, 6) is 0.945. The van der Waals surface area contributed by atoms with Crippen LogP contribution in [0, 0.1) is 6.57 Å². The molecular weight excluding hydrogens is 253 g/mol. The zero-order valence-electron chi connectivity index (χ0n) is 11.0. The molecule has 1 heterocycles. The number of ether oxygens (including phenoxy) is 1. The van der Waals surface area contributed by atoms with Crippen LogP contribution in [0.1, 0.15) is 5.56 Å². The first-order valence-electron chi connectivity index (χ1n) is 6.30. The largest absolute Gasteiger partial charge is 0.505 e. The molecule has 4 nitrogen and oxygen atoms in total. The molecule has 0 aromatic heterocycles. The fraction of sp³-hybridized carbons (Fsp3) is 0.133. The molecule has 0 unspecified atom stereocenters. The van der Waals surface area contributed by atoms with Gasteiger partial charge in [0.25, 0.3) is 0 Å². The van der Waals surface area contributed by atoms with Gasteiger partial charge < -0.3 is 14.5 Å². The Labute approximate surface area is 117 Å². The van der Waals surface area contributed by atoms with E-state index >= 15 is 0 Å². The maximum Gasteiger partial charge on any atom is 0.324 e. The summed E-state index contributed by atoms with van der Waals surface area (Å²) >= 11 is 0. The normalized spacial score (nSPS) is 12.9. The molecule has 2 aromatic rings. The molecule has 0 radical (unpaired) electrons. The van der Waals surface area contributed by atoms with Gasteiger partial charge in [-0.3, -0.25) is 0 Å². The Morgan fingerprint density at radius 1 is 1.30 bits per heavy atom. The van der Waals surface area contributed by atoms with Gasteiger partial charge in [0.1, 0.15) is 11.5 Å². The van der Waals surface area contributed by atoms with Gasteiger partial charge in [-0.25, -0.2) is 4.85 Å². The minimum Gasteiger partial charge on any atom is -0.505 e. The van der Waals surface area contributed by atoms with E-state index in [2.05, 4.69) is 4.85 Å². The minimum absolute atomic E-state index is 0.0383. The summed E-state index contributed by atoms with van der Waals surface area (Å²) in [5, 5.41) is 9.83. The maximum absolute atomic E-state index is 9.83. The van der Waals surface area contributed by atoms with Crippen molar-refractivity contribution >= 4 is 18.1 Å². The molecule has 0 bridgehead atoms. The van der Waals surface area contributed by atoms with Crippen LogP contribution in [0.4, 0.5) is 5.69 Å². The minimum atomic E-state index is -0.0383. The number of phenols is 1. The highest BCUT2D eigenvalue weighted by Gasteiger charge is 2.23. The van der Waals surface area contributed by atoms with Crippen molar-refractivity contribution in [2.75, 3.05) is 0 Å². The molecule has 3 rings (SSSR count). The van der Waals surface area contributed by atoms with E-state index in [1.165, 1.54) is 11.5 Å². The number of aromatic hydroxyl groups is 1. The first-order valence-corrected chi connectivity index (χ1v) is 6.30. The Morgan fingerprint density at radius 3 is 2.90 bits per heavy atom. The second-order valence-electron chi connectivity index (χ2n) is 4.68.